The van der Waals surface area contributed by atoms with Gasteiger partial charge in [0.25, 0.3) is 5.91 Å². The second kappa shape index (κ2) is 5.20. The molecule has 0 fully saturated rings. The second-order valence-corrected chi connectivity index (χ2v) is 4.59. The number of rotatable bonds is 1. The fraction of sp³-hybridized carbons (Fsp3) is 0.0625. The molecule has 0 saturated heterocycles. The summed E-state index contributed by atoms with van der Waals surface area (Å²) in [6.07, 6.45) is 0.201. The van der Waals surface area contributed by atoms with Crippen LogP contribution in [0.3, 0.4) is 0 Å². The van der Waals surface area contributed by atoms with Crippen LogP contribution < -0.4 is 4.74 Å². The Morgan fingerprint density at radius 3 is 2.67 bits per heavy atom. The van der Waals surface area contributed by atoms with Crippen molar-refractivity contribution in [2.24, 2.45) is 4.99 Å². The first-order valence-electron chi connectivity index (χ1n) is 6.34. The predicted octanol–water partition coefficient (Wildman–Crippen LogP) is 2.14. The van der Waals surface area contributed by atoms with Crippen molar-refractivity contribution in [2.75, 3.05) is 0 Å². The van der Waals surface area contributed by atoms with Crippen molar-refractivity contribution in [3.63, 3.8) is 0 Å². The number of ether oxygens (including phenoxy) is 1. The van der Waals surface area contributed by atoms with Gasteiger partial charge in [0.05, 0.1) is 0 Å². The molecule has 5 nitrogen and oxygen atoms in total. The van der Waals surface area contributed by atoms with Crippen molar-refractivity contribution >= 4 is 17.6 Å². The average Bonchev–Trinajstić information content (AvgIpc) is 2.49. The Balaban J connectivity index is 1.90. The van der Waals surface area contributed by atoms with E-state index in [1.165, 1.54) is 12.1 Å². The van der Waals surface area contributed by atoms with Gasteiger partial charge in [-0.3, -0.25) is 4.79 Å². The molecule has 21 heavy (non-hydrogen) atoms. The molecule has 0 radical (unpaired) electrons. The van der Waals surface area contributed by atoms with Crippen LogP contribution in [0.5, 0.6) is 11.5 Å². The second-order valence-electron chi connectivity index (χ2n) is 4.59. The van der Waals surface area contributed by atoms with E-state index in [1.807, 2.05) is 0 Å². The van der Waals surface area contributed by atoms with Crippen LogP contribution in [0.2, 0.25) is 0 Å². The number of carbonyl (C=O) groups is 2. The highest BCUT2D eigenvalue weighted by Crippen LogP contribution is 2.28. The Bertz CT molecular complexity index is 750. The van der Waals surface area contributed by atoms with Crippen LogP contribution in [0.4, 0.5) is 0 Å². The van der Waals surface area contributed by atoms with E-state index in [2.05, 4.69) is 4.99 Å². The summed E-state index contributed by atoms with van der Waals surface area (Å²) < 4.78 is 5.08. The summed E-state index contributed by atoms with van der Waals surface area (Å²) in [4.78, 5) is 27.7. The summed E-state index contributed by atoms with van der Waals surface area (Å²) in [6, 6.07) is 13.0. The van der Waals surface area contributed by atoms with Crippen molar-refractivity contribution < 1.29 is 19.4 Å². The van der Waals surface area contributed by atoms with Gasteiger partial charge in [-0.15, -0.1) is 0 Å². The molecule has 1 amide bonds. The van der Waals surface area contributed by atoms with Crippen molar-refractivity contribution in [1.82, 2.24) is 0 Å². The lowest BCUT2D eigenvalue weighted by molar-refractivity contribution is -0.127. The first-order chi connectivity index (χ1) is 10.1. The number of esters is 1. The van der Waals surface area contributed by atoms with Gasteiger partial charge in [0.15, 0.2) is 0 Å². The number of fused-ring (bicyclic) bond motifs is 1. The van der Waals surface area contributed by atoms with Crippen molar-refractivity contribution in [1.29, 1.82) is 0 Å². The largest absolute Gasteiger partial charge is 0.508 e. The number of hydrogen-bond acceptors (Lipinski definition) is 4. The summed E-state index contributed by atoms with van der Waals surface area (Å²) >= 11 is 0. The Labute approximate surface area is 120 Å². The smallest absolute Gasteiger partial charge is 0.358 e. The highest BCUT2D eigenvalue weighted by Gasteiger charge is 2.25. The minimum Gasteiger partial charge on any atom is -0.508 e. The fourth-order valence-corrected chi connectivity index (χ4v) is 2.05. The molecule has 0 unspecified atom stereocenters. The molecule has 2 aromatic carbocycles. The molecule has 0 saturated carbocycles. The zero-order valence-corrected chi connectivity index (χ0v) is 10.9. The third kappa shape index (κ3) is 2.67. The fourth-order valence-electron chi connectivity index (χ4n) is 2.05. The lowest BCUT2D eigenvalue weighted by Gasteiger charge is -2.16. The molecule has 1 N–H and O–H groups in total. The summed E-state index contributed by atoms with van der Waals surface area (Å²) in [5, 5.41) is 9.36. The van der Waals surface area contributed by atoms with Gasteiger partial charge < -0.3 is 9.84 Å². The molecule has 2 aromatic rings. The molecule has 1 aliphatic rings. The molecule has 0 aliphatic carbocycles. The van der Waals surface area contributed by atoms with E-state index in [9.17, 15) is 14.7 Å². The SMILES string of the molecule is O=C1Oc2cc(O)ccc2CC1=NC(=O)c1ccccc1. The minimum atomic E-state index is -0.669. The molecule has 0 spiro atoms. The van der Waals surface area contributed by atoms with E-state index in [-0.39, 0.29) is 17.9 Å². The summed E-state index contributed by atoms with van der Waals surface area (Å²) in [5.74, 6) is -0.837. The highest BCUT2D eigenvalue weighted by molar-refractivity contribution is 6.40. The van der Waals surface area contributed by atoms with Crippen LogP contribution in [0, 0.1) is 0 Å². The molecule has 0 bridgehead atoms. The average molecular weight is 281 g/mol. The third-order valence-corrected chi connectivity index (χ3v) is 3.10. The number of carbonyl (C=O) groups excluding carboxylic acids is 2. The molecule has 1 aliphatic heterocycles. The molecule has 3 rings (SSSR count). The van der Waals surface area contributed by atoms with Crippen LogP contribution in [-0.2, 0) is 11.2 Å². The molecule has 0 atom stereocenters. The van der Waals surface area contributed by atoms with Crippen LogP contribution in [0.15, 0.2) is 53.5 Å². The number of benzene rings is 2. The van der Waals surface area contributed by atoms with Gasteiger partial charge in [0.2, 0.25) is 0 Å². The lowest BCUT2D eigenvalue weighted by Crippen LogP contribution is -2.28. The Morgan fingerprint density at radius 2 is 1.90 bits per heavy atom. The molecule has 5 heteroatoms. The van der Waals surface area contributed by atoms with Gasteiger partial charge >= 0.3 is 5.97 Å². The Kier molecular flexibility index (Phi) is 3.23. The minimum absolute atomic E-state index is 0.0160. The number of aliphatic imine (C=N–C) groups is 1. The third-order valence-electron chi connectivity index (χ3n) is 3.10. The predicted molar refractivity (Wildman–Crippen MR) is 75.7 cm³/mol. The van der Waals surface area contributed by atoms with Gasteiger partial charge in [-0.25, -0.2) is 9.79 Å². The van der Waals surface area contributed by atoms with E-state index in [4.69, 9.17) is 4.74 Å². The quantitative estimate of drug-likeness (QED) is 0.641. The zero-order chi connectivity index (χ0) is 14.8. The monoisotopic (exact) mass is 281 g/mol. The maximum absolute atomic E-state index is 12.0. The number of hydrogen-bond donors (Lipinski definition) is 1. The number of nitrogens with zero attached hydrogens (tertiary/aromatic N) is 1. The summed E-state index contributed by atoms with van der Waals surface area (Å²) in [7, 11) is 0. The molecule has 104 valence electrons. The van der Waals surface area contributed by atoms with Crippen LogP contribution >= 0.6 is 0 Å². The first kappa shape index (κ1) is 13.1. The lowest BCUT2D eigenvalue weighted by atomic mass is 10.0. The maximum atomic E-state index is 12.0. The van der Waals surface area contributed by atoms with Gasteiger partial charge in [0, 0.05) is 23.6 Å². The maximum Gasteiger partial charge on any atom is 0.358 e. The molecule has 0 aromatic heterocycles. The normalized spacial score (nSPS) is 15.4. The van der Waals surface area contributed by atoms with Crippen LogP contribution in [0.1, 0.15) is 15.9 Å². The number of phenols is 1. The van der Waals surface area contributed by atoms with Crippen molar-refractivity contribution in [2.45, 2.75) is 6.42 Å². The van der Waals surface area contributed by atoms with Gasteiger partial charge in [-0.05, 0) is 18.2 Å². The Morgan fingerprint density at radius 1 is 1.14 bits per heavy atom. The first-order valence-corrected chi connectivity index (χ1v) is 6.34. The van der Waals surface area contributed by atoms with Gasteiger partial charge in [-0.1, -0.05) is 24.3 Å². The number of amides is 1. The zero-order valence-electron chi connectivity index (χ0n) is 10.9. The van der Waals surface area contributed by atoms with Crippen LogP contribution in [0.25, 0.3) is 0 Å². The van der Waals surface area contributed by atoms with E-state index in [0.29, 0.717) is 16.9 Å². The summed E-state index contributed by atoms with van der Waals surface area (Å²) in [6.45, 7) is 0. The molecular weight excluding hydrogens is 270 g/mol. The summed E-state index contributed by atoms with van der Waals surface area (Å²) in [5.41, 5.74) is 1.17. The molecule has 1 heterocycles. The molecular formula is C16H11NO4. The van der Waals surface area contributed by atoms with Gasteiger partial charge in [-0.2, -0.15) is 0 Å². The van der Waals surface area contributed by atoms with Crippen molar-refractivity contribution in [3.8, 4) is 11.5 Å². The van der Waals surface area contributed by atoms with Crippen molar-refractivity contribution in [3.05, 3.63) is 59.7 Å². The topological polar surface area (TPSA) is 76.0 Å². The standard InChI is InChI=1S/C16H11NO4/c18-12-7-6-11-8-13(16(20)21-14(11)9-12)17-15(19)10-4-2-1-3-5-10/h1-7,9,18H,8H2. The van der Waals surface area contributed by atoms with Crippen LogP contribution in [-0.4, -0.2) is 22.7 Å². The van der Waals surface area contributed by atoms with E-state index >= 15 is 0 Å². The highest BCUT2D eigenvalue weighted by atomic mass is 16.5. The van der Waals surface area contributed by atoms with Gasteiger partial charge in [0.1, 0.15) is 17.2 Å². The number of aromatic hydroxyl groups is 1. The van der Waals surface area contributed by atoms with E-state index < -0.39 is 11.9 Å². The van der Waals surface area contributed by atoms with E-state index in [1.54, 1.807) is 36.4 Å². The van der Waals surface area contributed by atoms with E-state index in [0.717, 1.165) is 0 Å². The Hall–Kier alpha value is -2.95. The number of phenolic OH excluding ortho intramolecular Hbond substituents is 1.